The van der Waals surface area contributed by atoms with E-state index in [2.05, 4.69) is 16.8 Å². The third kappa shape index (κ3) is 8.30. The molecule has 8 heteroatoms. The van der Waals surface area contributed by atoms with E-state index in [-0.39, 0.29) is 17.6 Å². The Morgan fingerprint density at radius 1 is 1.06 bits per heavy atom. The first-order chi connectivity index (χ1) is 14.7. The highest BCUT2D eigenvalue weighted by molar-refractivity contribution is 7.99. The summed E-state index contributed by atoms with van der Waals surface area (Å²) in [5.41, 5.74) is 1.66. The van der Waals surface area contributed by atoms with Crippen LogP contribution >= 0.6 is 11.8 Å². The summed E-state index contributed by atoms with van der Waals surface area (Å²) in [6.07, 6.45) is 0.825. The van der Waals surface area contributed by atoms with E-state index >= 15 is 0 Å². The van der Waals surface area contributed by atoms with E-state index in [0.29, 0.717) is 34.2 Å². The molecule has 0 bridgehead atoms. The summed E-state index contributed by atoms with van der Waals surface area (Å²) < 4.78 is 29.9. The maximum atomic E-state index is 12.4. The van der Waals surface area contributed by atoms with Crippen LogP contribution in [0.25, 0.3) is 0 Å². The van der Waals surface area contributed by atoms with Gasteiger partial charge >= 0.3 is 5.97 Å². The Morgan fingerprint density at radius 3 is 2.13 bits per heavy atom. The smallest absolute Gasteiger partial charge is 0.333 e. The first-order valence-corrected chi connectivity index (χ1v) is 12.6. The molecule has 166 valence electrons. The number of rotatable bonds is 11. The van der Waals surface area contributed by atoms with Crippen LogP contribution in [0.1, 0.15) is 27.2 Å². The molecule has 0 aromatic heterocycles. The Kier molecular flexibility index (Phi) is 9.45. The zero-order valence-electron chi connectivity index (χ0n) is 18.1. The van der Waals surface area contributed by atoms with Crippen molar-refractivity contribution < 1.29 is 17.9 Å². The number of azo groups is 1. The molecule has 0 aliphatic heterocycles. The maximum Gasteiger partial charge on any atom is 0.333 e. The number of ether oxygens (including phenoxy) is 1. The van der Waals surface area contributed by atoms with Gasteiger partial charge in [0.1, 0.15) is 6.61 Å². The third-order valence-electron chi connectivity index (χ3n) is 4.45. The molecule has 0 aliphatic rings. The van der Waals surface area contributed by atoms with E-state index in [1.54, 1.807) is 43.0 Å². The molecular weight excluding hydrogens is 432 g/mol. The highest BCUT2D eigenvalue weighted by Gasteiger charge is 2.17. The van der Waals surface area contributed by atoms with E-state index in [9.17, 15) is 13.2 Å². The van der Waals surface area contributed by atoms with Gasteiger partial charge in [-0.2, -0.15) is 10.2 Å². The van der Waals surface area contributed by atoms with Crippen molar-refractivity contribution in [1.29, 1.82) is 0 Å². The SMILES string of the molecule is C=C(C)C(=O)OCCSc1ccc(N=Nc2ccc(S(=O)(=O)CC(C)CC)cc2)cc1. The van der Waals surface area contributed by atoms with Crippen molar-refractivity contribution in [1.82, 2.24) is 0 Å². The van der Waals surface area contributed by atoms with Gasteiger partial charge in [0.15, 0.2) is 9.84 Å². The van der Waals surface area contributed by atoms with E-state index in [0.717, 1.165) is 11.3 Å². The lowest BCUT2D eigenvalue weighted by molar-refractivity contribution is -0.138. The van der Waals surface area contributed by atoms with E-state index in [1.165, 1.54) is 0 Å². The number of thioether (sulfide) groups is 1. The first-order valence-electron chi connectivity index (χ1n) is 10.0. The number of hydrogen-bond acceptors (Lipinski definition) is 7. The van der Waals surface area contributed by atoms with Gasteiger partial charge in [-0.3, -0.25) is 0 Å². The van der Waals surface area contributed by atoms with Gasteiger partial charge in [0.2, 0.25) is 0 Å². The van der Waals surface area contributed by atoms with Crippen LogP contribution < -0.4 is 0 Å². The van der Waals surface area contributed by atoms with Crippen LogP contribution in [-0.4, -0.2) is 32.5 Å². The Morgan fingerprint density at radius 2 is 1.61 bits per heavy atom. The van der Waals surface area contributed by atoms with Crippen molar-refractivity contribution in [2.75, 3.05) is 18.1 Å². The molecule has 0 saturated carbocycles. The normalized spacial score (nSPS) is 12.6. The van der Waals surface area contributed by atoms with Gasteiger partial charge < -0.3 is 4.74 Å². The molecule has 2 rings (SSSR count). The molecule has 0 heterocycles. The van der Waals surface area contributed by atoms with Crippen molar-refractivity contribution in [3.63, 3.8) is 0 Å². The fourth-order valence-corrected chi connectivity index (χ4v) is 4.91. The van der Waals surface area contributed by atoms with Crippen molar-refractivity contribution in [2.45, 2.75) is 37.0 Å². The average molecular weight is 461 g/mol. The van der Waals surface area contributed by atoms with Crippen LogP contribution in [0, 0.1) is 5.92 Å². The number of esters is 1. The Labute approximate surface area is 188 Å². The average Bonchev–Trinajstić information content (AvgIpc) is 2.75. The summed E-state index contributed by atoms with van der Waals surface area (Å²) in [5, 5.41) is 8.37. The molecule has 0 N–H and O–H groups in total. The molecule has 1 atom stereocenters. The summed E-state index contributed by atoms with van der Waals surface area (Å²) in [5.74, 6) is 0.534. The van der Waals surface area contributed by atoms with Gasteiger partial charge in [0.05, 0.1) is 22.0 Å². The number of benzene rings is 2. The minimum atomic E-state index is -3.29. The predicted octanol–water partition coefficient (Wildman–Crippen LogP) is 6.13. The van der Waals surface area contributed by atoms with Crippen LogP contribution in [-0.2, 0) is 19.4 Å². The monoisotopic (exact) mass is 460 g/mol. The number of hydrogen-bond donors (Lipinski definition) is 0. The molecule has 2 aromatic carbocycles. The Bertz CT molecular complexity index is 1010. The van der Waals surface area contributed by atoms with Gasteiger partial charge in [0.25, 0.3) is 0 Å². The van der Waals surface area contributed by atoms with Crippen LogP contribution in [0.4, 0.5) is 11.4 Å². The number of carbonyl (C=O) groups excluding carboxylic acids is 1. The number of nitrogens with zero attached hydrogens (tertiary/aromatic N) is 2. The Hall–Kier alpha value is -2.45. The fourth-order valence-electron chi connectivity index (χ4n) is 2.45. The molecule has 0 saturated heterocycles. The minimum Gasteiger partial charge on any atom is -0.461 e. The van der Waals surface area contributed by atoms with E-state index in [4.69, 9.17) is 4.74 Å². The lowest BCUT2D eigenvalue weighted by Gasteiger charge is -2.09. The highest BCUT2D eigenvalue weighted by Crippen LogP contribution is 2.24. The van der Waals surface area contributed by atoms with Gasteiger partial charge in [-0.05, 0) is 61.4 Å². The summed E-state index contributed by atoms with van der Waals surface area (Å²) >= 11 is 1.57. The number of sulfone groups is 1. The van der Waals surface area contributed by atoms with Crippen LogP contribution in [0.5, 0.6) is 0 Å². The standard InChI is InChI=1S/C23H28N2O4S2/c1-5-18(4)16-31(27,28)22-12-8-20(9-13-22)25-24-19-6-10-21(11-7-19)30-15-14-29-23(26)17(2)3/h6-13,18H,2,5,14-16H2,1,3-4H3. The molecule has 6 nitrogen and oxygen atoms in total. The molecule has 0 radical (unpaired) electrons. The van der Waals surface area contributed by atoms with Crippen LogP contribution in [0.3, 0.4) is 0 Å². The number of carbonyl (C=O) groups is 1. The lowest BCUT2D eigenvalue weighted by atomic mass is 10.2. The van der Waals surface area contributed by atoms with E-state index < -0.39 is 9.84 Å². The second-order valence-electron chi connectivity index (χ2n) is 7.25. The maximum absolute atomic E-state index is 12.4. The van der Waals surface area contributed by atoms with Crippen LogP contribution in [0.15, 0.2) is 80.7 Å². The topological polar surface area (TPSA) is 85.2 Å². The van der Waals surface area contributed by atoms with Crippen molar-refractivity contribution in [3.05, 3.63) is 60.7 Å². The summed E-state index contributed by atoms with van der Waals surface area (Å²) in [6.45, 7) is 9.40. The molecule has 0 aliphatic carbocycles. The fraction of sp³-hybridized carbons (Fsp3) is 0.348. The zero-order chi connectivity index (χ0) is 22.9. The summed E-state index contributed by atoms with van der Waals surface area (Å²) in [6, 6.07) is 14.0. The van der Waals surface area contributed by atoms with Gasteiger partial charge in [-0.15, -0.1) is 11.8 Å². The molecule has 2 aromatic rings. The zero-order valence-corrected chi connectivity index (χ0v) is 19.7. The highest BCUT2D eigenvalue weighted by atomic mass is 32.2. The van der Waals surface area contributed by atoms with Crippen LogP contribution in [0.2, 0.25) is 0 Å². The second kappa shape index (κ2) is 11.8. The molecule has 31 heavy (non-hydrogen) atoms. The van der Waals surface area contributed by atoms with Gasteiger partial charge in [0, 0.05) is 16.2 Å². The van der Waals surface area contributed by atoms with E-state index in [1.807, 2.05) is 38.1 Å². The lowest BCUT2D eigenvalue weighted by Crippen LogP contribution is -2.13. The summed E-state index contributed by atoms with van der Waals surface area (Å²) in [7, 11) is -3.29. The predicted molar refractivity (Wildman–Crippen MR) is 125 cm³/mol. The van der Waals surface area contributed by atoms with Gasteiger partial charge in [-0.1, -0.05) is 26.8 Å². The first kappa shape index (κ1) is 24.8. The second-order valence-corrected chi connectivity index (χ2v) is 10.4. The van der Waals surface area contributed by atoms with Crippen molar-refractivity contribution in [2.24, 2.45) is 16.1 Å². The molecular formula is C23H28N2O4S2. The quantitative estimate of drug-likeness (QED) is 0.132. The largest absolute Gasteiger partial charge is 0.461 e. The molecule has 0 fully saturated rings. The van der Waals surface area contributed by atoms with Gasteiger partial charge in [-0.25, -0.2) is 13.2 Å². The van der Waals surface area contributed by atoms with Crippen molar-refractivity contribution in [3.8, 4) is 0 Å². The van der Waals surface area contributed by atoms with Crippen molar-refractivity contribution >= 4 is 38.9 Å². The molecule has 0 amide bonds. The Balaban J connectivity index is 1.89. The minimum absolute atomic E-state index is 0.122. The summed E-state index contributed by atoms with van der Waals surface area (Å²) in [4.78, 5) is 12.7. The molecule has 1 unspecified atom stereocenters. The molecule has 0 spiro atoms. The third-order valence-corrected chi connectivity index (χ3v) is 7.42.